The van der Waals surface area contributed by atoms with Crippen LogP contribution in [0, 0.1) is 0 Å². The Morgan fingerprint density at radius 3 is 2.80 bits per heavy atom. The van der Waals surface area contributed by atoms with Gasteiger partial charge < -0.3 is 15.4 Å². The molecule has 1 atom stereocenters. The van der Waals surface area contributed by atoms with Crippen molar-refractivity contribution in [2.45, 2.75) is 12.3 Å². The highest BCUT2D eigenvalue weighted by Gasteiger charge is 2.32. The molecule has 126 valence electrons. The minimum atomic E-state index is -0.0937. The van der Waals surface area contributed by atoms with E-state index in [2.05, 4.69) is 20.8 Å². The lowest BCUT2D eigenvalue weighted by Gasteiger charge is -2.24. The number of amides is 1. The van der Waals surface area contributed by atoms with Crippen LogP contribution in [0.5, 0.6) is 5.75 Å². The minimum Gasteiger partial charge on any atom is -0.497 e. The number of nitrogens with one attached hydrogen (secondary N) is 3. The number of fused-ring (bicyclic) bond motifs is 1. The van der Waals surface area contributed by atoms with Crippen LogP contribution in [0.25, 0.3) is 0 Å². The van der Waals surface area contributed by atoms with Crippen LogP contribution in [0.3, 0.4) is 0 Å². The summed E-state index contributed by atoms with van der Waals surface area (Å²) < 4.78 is 5.33. The van der Waals surface area contributed by atoms with Crippen LogP contribution in [0.15, 0.2) is 54.6 Å². The molecule has 0 saturated carbocycles. The maximum absolute atomic E-state index is 12.1. The number of ether oxygens (including phenoxy) is 1. The minimum absolute atomic E-state index is 0.0434. The third-order valence-corrected chi connectivity index (χ3v) is 4.34. The highest BCUT2D eigenvalue weighted by molar-refractivity contribution is 5.95. The van der Waals surface area contributed by atoms with Gasteiger partial charge >= 0.3 is 0 Å². The molecule has 3 N–H and O–H groups in total. The van der Waals surface area contributed by atoms with Crippen LogP contribution in [0.2, 0.25) is 0 Å². The number of hydrogen-bond acceptors (Lipinski definition) is 4. The van der Waals surface area contributed by atoms with Crippen LogP contribution in [0.1, 0.15) is 23.5 Å². The number of carbonyl (C=O) groups excluding carboxylic acids is 1. The summed E-state index contributed by atoms with van der Waals surface area (Å²) in [5, 5.41) is 13.5. The van der Waals surface area contributed by atoms with E-state index < -0.39 is 0 Å². The molecule has 2 heterocycles. The van der Waals surface area contributed by atoms with Gasteiger partial charge in [0, 0.05) is 23.6 Å². The lowest BCUT2D eigenvalue weighted by atomic mass is 9.86. The largest absolute Gasteiger partial charge is 0.497 e. The fraction of sp³-hybridized carbons (Fsp3) is 0.158. The molecule has 0 aliphatic carbocycles. The van der Waals surface area contributed by atoms with Crippen molar-refractivity contribution in [3.8, 4) is 5.75 Å². The lowest BCUT2D eigenvalue weighted by molar-refractivity contribution is -0.116. The quantitative estimate of drug-likeness (QED) is 0.681. The number of aromatic amines is 1. The van der Waals surface area contributed by atoms with Crippen molar-refractivity contribution >= 4 is 23.2 Å². The average molecular weight is 334 g/mol. The number of anilines is 3. The number of H-pyrrole nitrogens is 1. The molecule has 1 aliphatic heterocycles. The summed E-state index contributed by atoms with van der Waals surface area (Å²) in [6, 6.07) is 17.7. The molecule has 0 unspecified atom stereocenters. The van der Waals surface area contributed by atoms with E-state index in [0.717, 1.165) is 28.4 Å². The van der Waals surface area contributed by atoms with Gasteiger partial charge in [-0.3, -0.25) is 9.89 Å². The van der Waals surface area contributed by atoms with Gasteiger partial charge in [-0.2, -0.15) is 5.10 Å². The molecular weight excluding hydrogens is 316 g/mol. The predicted molar refractivity (Wildman–Crippen MR) is 96.4 cm³/mol. The van der Waals surface area contributed by atoms with E-state index in [4.69, 9.17) is 4.74 Å². The van der Waals surface area contributed by atoms with E-state index in [1.807, 2.05) is 54.6 Å². The first-order valence-electron chi connectivity index (χ1n) is 8.08. The highest BCUT2D eigenvalue weighted by atomic mass is 16.5. The molecule has 3 aromatic rings. The van der Waals surface area contributed by atoms with Crippen molar-refractivity contribution in [3.05, 3.63) is 65.7 Å². The highest BCUT2D eigenvalue weighted by Crippen LogP contribution is 2.41. The van der Waals surface area contributed by atoms with Crippen LogP contribution in [0.4, 0.5) is 17.3 Å². The number of rotatable bonds is 4. The molecule has 0 saturated heterocycles. The normalized spacial score (nSPS) is 16.0. The van der Waals surface area contributed by atoms with Crippen molar-refractivity contribution < 1.29 is 9.53 Å². The second-order valence-electron chi connectivity index (χ2n) is 5.93. The Bertz CT molecular complexity index is 905. The van der Waals surface area contributed by atoms with Gasteiger partial charge in [-0.1, -0.05) is 30.3 Å². The topological polar surface area (TPSA) is 79.0 Å². The fourth-order valence-corrected chi connectivity index (χ4v) is 3.16. The van der Waals surface area contributed by atoms with Gasteiger partial charge in [0.15, 0.2) is 5.82 Å². The van der Waals surface area contributed by atoms with Crippen LogP contribution in [-0.2, 0) is 4.79 Å². The molecule has 1 aromatic heterocycles. The molecule has 0 spiro atoms. The van der Waals surface area contributed by atoms with Crippen molar-refractivity contribution in [1.29, 1.82) is 0 Å². The van der Waals surface area contributed by atoms with Gasteiger partial charge in [-0.15, -0.1) is 0 Å². The third-order valence-electron chi connectivity index (χ3n) is 4.34. The average Bonchev–Trinajstić information content (AvgIpc) is 3.04. The van der Waals surface area contributed by atoms with E-state index in [-0.39, 0.29) is 11.8 Å². The second kappa shape index (κ2) is 6.32. The zero-order valence-corrected chi connectivity index (χ0v) is 13.7. The number of para-hydroxylation sites is 1. The summed E-state index contributed by atoms with van der Waals surface area (Å²) >= 11 is 0. The molecule has 6 heteroatoms. The van der Waals surface area contributed by atoms with Gasteiger partial charge in [0.1, 0.15) is 11.6 Å². The van der Waals surface area contributed by atoms with E-state index >= 15 is 0 Å². The van der Waals surface area contributed by atoms with Crippen LogP contribution < -0.4 is 15.4 Å². The first-order chi connectivity index (χ1) is 12.2. The smallest absolute Gasteiger partial charge is 0.226 e. The standard InChI is InChI=1S/C19H18N4O2/c1-25-14-9-5-6-12(10-14)15-11-16(24)21-19-17(15)18(22-23-19)20-13-7-3-2-4-8-13/h2-10,15H,11H2,1H3,(H3,20,21,22,23,24)/t15-/m1/s1. The molecular formula is C19H18N4O2. The Kier molecular flexibility index (Phi) is 3.85. The first-order valence-corrected chi connectivity index (χ1v) is 8.08. The monoisotopic (exact) mass is 334 g/mol. The number of nitrogens with zero attached hydrogens (tertiary/aromatic N) is 1. The first kappa shape index (κ1) is 15.3. The Morgan fingerprint density at radius 1 is 1.16 bits per heavy atom. The van der Waals surface area contributed by atoms with Crippen LogP contribution >= 0.6 is 0 Å². The maximum atomic E-state index is 12.1. The number of aromatic nitrogens is 2. The number of benzene rings is 2. The molecule has 6 nitrogen and oxygen atoms in total. The number of hydrogen-bond donors (Lipinski definition) is 3. The zero-order chi connectivity index (χ0) is 17.2. The zero-order valence-electron chi connectivity index (χ0n) is 13.7. The summed E-state index contributed by atoms with van der Waals surface area (Å²) in [5.74, 6) is 1.99. The molecule has 1 amide bonds. The van der Waals surface area contributed by atoms with Gasteiger partial charge in [0.05, 0.1) is 7.11 Å². The number of methoxy groups -OCH3 is 1. The summed E-state index contributed by atoms with van der Waals surface area (Å²) in [4.78, 5) is 12.1. The Hall–Kier alpha value is -3.28. The van der Waals surface area contributed by atoms with E-state index in [1.54, 1.807) is 7.11 Å². The molecule has 0 bridgehead atoms. The summed E-state index contributed by atoms with van der Waals surface area (Å²) in [5.41, 5.74) is 2.93. The van der Waals surface area contributed by atoms with E-state index in [9.17, 15) is 4.79 Å². The predicted octanol–water partition coefficient (Wildman–Crippen LogP) is 3.64. The maximum Gasteiger partial charge on any atom is 0.226 e. The van der Waals surface area contributed by atoms with Crippen molar-refractivity contribution in [2.24, 2.45) is 0 Å². The van der Waals surface area contributed by atoms with E-state index in [1.165, 1.54) is 0 Å². The van der Waals surface area contributed by atoms with Crippen molar-refractivity contribution in [2.75, 3.05) is 17.7 Å². The Labute approximate surface area is 145 Å². The number of carbonyl (C=O) groups is 1. The van der Waals surface area contributed by atoms with E-state index in [0.29, 0.717) is 12.2 Å². The van der Waals surface area contributed by atoms with Gasteiger partial charge in [-0.25, -0.2) is 0 Å². The summed E-state index contributed by atoms with van der Waals surface area (Å²) in [6.45, 7) is 0. The summed E-state index contributed by atoms with van der Waals surface area (Å²) in [7, 11) is 1.64. The lowest BCUT2D eigenvalue weighted by Crippen LogP contribution is -2.23. The fourth-order valence-electron chi connectivity index (χ4n) is 3.16. The molecule has 0 radical (unpaired) electrons. The molecule has 2 aromatic carbocycles. The molecule has 1 aliphatic rings. The van der Waals surface area contributed by atoms with Crippen molar-refractivity contribution in [3.63, 3.8) is 0 Å². The Balaban J connectivity index is 1.76. The van der Waals surface area contributed by atoms with Crippen molar-refractivity contribution in [1.82, 2.24) is 10.2 Å². The second-order valence-corrected chi connectivity index (χ2v) is 5.93. The van der Waals surface area contributed by atoms with Gasteiger partial charge in [-0.05, 0) is 29.8 Å². The molecule has 25 heavy (non-hydrogen) atoms. The summed E-state index contributed by atoms with van der Waals surface area (Å²) in [6.07, 6.45) is 0.364. The third kappa shape index (κ3) is 2.94. The van der Waals surface area contributed by atoms with Crippen LogP contribution in [-0.4, -0.2) is 23.2 Å². The van der Waals surface area contributed by atoms with Gasteiger partial charge in [0.2, 0.25) is 5.91 Å². The van der Waals surface area contributed by atoms with Gasteiger partial charge in [0.25, 0.3) is 0 Å². The molecule has 0 fully saturated rings. The molecule has 4 rings (SSSR count). The SMILES string of the molecule is COc1cccc([C@H]2CC(=O)Nc3n[nH]c(Nc4ccccc4)c32)c1. The Morgan fingerprint density at radius 2 is 2.00 bits per heavy atom.